The van der Waals surface area contributed by atoms with Gasteiger partial charge in [0.25, 0.3) is 0 Å². The highest BCUT2D eigenvalue weighted by Gasteiger charge is 2.17. The molecule has 1 aromatic carbocycles. The molecular weight excluding hydrogens is 253 g/mol. The van der Waals surface area contributed by atoms with E-state index in [-0.39, 0.29) is 5.75 Å². The van der Waals surface area contributed by atoms with Gasteiger partial charge in [0.1, 0.15) is 22.9 Å². The minimum Gasteiger partial charge on any atom is -0.481 e. The molecule has 0 aliphatic carbocycles. The van der Waals surface area contributed by atoms with Crippen LogP contribution in [0.15, 0.2) is 36.5 Å². The van der Waals surface area contributed by atoms with Crippen LogP contribution in [0.1, 0.15) is 10.4 Å². The highest BCUT2D eigenvalue weighted by molar-refractivity contribution is 5.91. The van der Waals surface area contributed by atoms with E-state index in [2.05, 4.69) is 4.98 Å². The monoisotopic (exact) mass is 263 g/mol. The SMILES string of the molecule is COc1cc(Oc2cccc(F)c2C(=O)O)ccn1. The Hall–Kier alpha value is -2.63. The summed E-state index contributed by atoms with van der Waals surface area (Å²) in [6, 6.07) is 6.79. The number of pyridine rings is 1. The number of carbonyl (C=O) groups is 1. The summed E-state index contributed by atoms with van der Waals surface area (Å²) in [5, 5.41) is 8.97. The van der Waals surface area contributed by atoms with Crippen LogP contribution in [0, 0.1) is 5.82 Å². The van der Waals surface area contributed by atoms with Gasteiger partial charge < -0.3 is 14.6 Å². The number of aromatic nitrogens is 1. The Morgan fingerprint density at radius 2 is 2.16 bits per heavy atom. The van der Waals surface area contributed by atoms with Gasteiger partial charge in [0.15, 0.2) is 0 Å². The molecule has 2 rings (SSSR count). The molecule has 5 nitrogen and oxygen atoms in total. The Bertz CT molecular complexity index is 615. The molecule has 0 bridgehead atoms. The lowest BCUT2D eigenvalue weighted by Crippen LogP contribution is -2.03. The van der Waals surface area contributed by atoms with E-state index in [1.54, 1.807) is 0 Å². The Labute approximate surface area is 108 Å². The van der Waals surface area contributed by atoms with Gasteiger partial charge in [0.2, 0.25) is 5.88 Å². The molecule has 0 saturated carbocycles. The van der Waals surface area contributed by atoms with Crippen molar-refractivity contribution < 1.29 is 23.8 Å². The van der Waals surface area contributed by atoms with Crippen molar-refractivity contribution in [3.8, 4) is 17.4 Å². The van der Waals surface area contributed by atoms with Gasteiger partial charge in [0.05, 0.1) is 7.11 Å². The van der Waals surface area contributed by atoms with E-state index in [0.29, 0.717) is 11.6 Å². The van der Waals surface area contributed by atoms with Gasteiger partial charge in [-0.3, -0.25) is 0 Å². The van der Waals surface area contributed by atoms with E-state index >= 15 is 0 Å². The van der Waals surface area contributed by atoms with E-state index in [1.807, 2.05) is 0 Å². The Balaban J connectivity index is 2.38. The fourth-order valence-corrected chi connectivity index (χ4v) is 1.49. The number of rotatable bonds is 4. The molecule has 19 heavy (non-hydrogen) atoms. The summed E-state index contributed by atoms with van der Waals surface area (Å²) in [6.45, 7) is 0. The second kappa shape index (κ2) is 5.34. The van der Waals surface area contributed by atoms with Crippen LogP contribution in [0.4, 0.5) is 4.39 Å². The summed E-state index contributed by atoms with van der Waals surface area (Å²) in [7, 11) is 1.44. The number of carboxylic acid groups (broad SMARTS) is 1. The maximum absolute atomic E-state index is 13.5. The second-order valence-electron chi connectivity index (χ2n) is 3.55. The molecule has 0 saturated heterocycles. The summed E-state index contributed by atoms with van der Waals surface area (Å²) in [6.07, 6.45) is 1.44. The van der Waals surface area contributed by atoms with E-state index in [9.17, 15) is 9.18 Å². The summed E-state index contributed by atoms with van der Waals surface area (Å²) in [4.78, 5) is 14.9. The predicted molar refractivity (Wildman–Crippen MR) is 64.2 cm³/mol. The molecule has 0 amide bonds. The van der Waals surface area contributed by atoms with E-state index in [0.717, 1.165) is 6.07 Å². The Morgan fingerprint density at radius 1 is 1.37 bits per heavy atom. The van der Waals surface area contributed by atoms with Crippen LogP contribution in [0.25, 0.3) is 0 Å². The van der Waals surface area contributed by atoms with Gasteiger partial charge in [-0.2, -0.15) is 0 Å². The zero-order valence-corrected chi connectivity index (χ0v) is 9.96. The number of aromatic carboxylic acids is 1. The minimum atomic E-state index is -1.39. The number of hydrogen-bond acceptors (Lipinski definition) is 4. The molecule has 0 fully saturated rings. The average Bonchev–Trinajstić information content (AvgIpc) is 2.38. The maximum atomic E-state index is 13.5. The lowest BCUT2D eigenvalue weighted by molar-refractivity contribution is 0.0689. The van der Waals surface area contributed by atoms with Crippen molar-refractivity contribution in [2.24, 2.45) is 0 Å². The number of carboxylic acids is 1. The molecule has 1 N–H and O–H groups in total. The molecule has 0 radical (unpaired) electrons. The number of ether oxygens (including phenoxy) is 2. The lowest BCUT2D eigenvalue weighted by atomic mass is 10.2. The molecule has 98 valence electrons. The maximum Gasteiger partial charge on any atom is 0.342 e. The zero-order valence-electron chi connectivity index (χ0n) is 9.96. The Morgan fingerprint density at radius 3 is 2.84 bits per heavy atom. The number of halogens is 1. The Kier molecular flexibility index (Phi) is 3.61. The van der Waals surface area contributed by atoms with Crippen molar-refractivity contribution in [1.82, 2.24) is 4.98 Å². The normalized spacial score (nSPS) is 10.0. The first-order chi connectivity index (χ1) is 9.11. The van der Waals surface area contributed by atoms with Crippen LogP contribution in [0.2, 0.25) is 0 Å². The highest BCUT2D eigenvalue weighted by Crippen LogP contribution is 2.28. The fourth-order valence-electron chi connectivity index (χ4n) is 1.49. The van der Waals surface area contributed by atoms with Crippen molar-refractivity contribution in [2.45, 2.75) is 0 Å². The van der Waals surface area contributed by atoms with Crippen LogP contribution < -0.4 is 9.47 Å². The summed E-state index contributed by atoms with van der Waals surface area (Å²) >= 11 is 0. The van der Waals surface area contributed by atoms with Crippen molar-refractivity contribution >= 4 is 5.97 Å². The van der Waals surface area contributed by atoms with Gasteiger partial charge in [-0.25, -0.2) is 14.2 Å². The van der Waals surface area contributed by atoms with Crippen LogP contribution in [0.3, 0.4) is 0 Å². The van der Waals surface area contributed by atoms with E-state index in [1.165, 1.54) is 37.6 Å². The zero-order chi connectivity index (χ0) is 13.8. The van der Waals surface area contributed by atoms with Gasteiger partial charge in [-0.05, 0) is 18.2 Å². The number of methoxy groups -OCH3 is 1. The first-order valence-electron chi connectivity index (χ1n) is 5.31. The standard InChI is InChI=1S/C13H10FNO4/c1-18-11-7-8(5-6-15-11)19-10-4-2-3-9(14)12(10)13(16)17/h2-7H,1H3,(H,16,17). The number of nitrogens with zero attached hydrogens (tertiary/aromatic N) is 1. The topological polar surface area (TPSA) is 68.7 Å². The molecular formula is C13H10FNO4. The molecule has 1 heterocycles. The van der Waals surface area contributed by atoms with Gasteiger partial charge in [-0.15, -0.1) is 0 Å². The van der Waals surface area contributed by atoms with Crippen LogP contribution in [-0.2, 0) is 0 Å². The number of hydrogen-bond donors (Lipinski definition) is 1. The van der Waals surface area contributed by atoms with Crippen molar-refractivity contribution in [3.63, 3.8) is 0 Å². The lowest BCUT2D eigenvalue weighted by Gasteiger charge is -2.09. The average molecular weight is 263 g/mol. The third-order valence-electron chi connectivity index (χ3n) is 2.33. The van der Waals surface area contributed by atoms with Gasteiger partial charge >= 0.3 is 5.97 Å². The molecule has 0 unspecified atom stereocenters. The molecule has 0 aliphatic rings. The summed E-state index contributed by atoms with van der Waals surface area (Å²) < 4.78 is 23.7. The molecule has 6 heteroatoms. The summed E-state index contributed by atoms with van der Waals surface area (Å²) in [5.41, 5.74) is -0.515. The molecule has 0 spiro atoms. The minimum absolute atomic E-state index is 0.0826. The highest BCUT2D eigenvalue weighted by atomic mass is 19.1. The molecule has 1 aromatic heterocycles. The quantitative estimate of drug-likeness (QED) is 0.918. The third kappa shape index (κ3) is 2.79. The van der Waals surface area contributed by atoms with Gasteiger partial charge in [-0.1, -0.05) is 6.07 Å². The van der Waals surface area contributed by atoms with Crippen LogP contribution in [-0.4, -0.2) is 23.2 Å². The van der Waals surface area contributed by atoms with Crippen LogP contribution in [0.5, 0.6) is 17.4 Å². The van der Waals surface area contributed by atoms with Crippen molar-refractivity contribution in [1.29, 1.82) is 0 Å². The smallest absolute Gasteiger partial charge is 0.342 e. The van der Waals surface area contributed by atoms with E-state index < -0.39 is 17.3 Å². The van der Waals surface area contributed by atoms with Crippen molar-refractivity contribution in [2.75, 3.05) is 7.11 Å². The third-order valence-corrected chi connectivity index (χ3v) is 2.33. The molecule has 2 aromatic rings. The van der Waals surface area contributed by atoms with E-state index in [4.69, 9.17) is 14.6 Å². The second-order valence-corrected chi connectivity index (χ2v) is 3.55. The fraction of sp³-hybridized carbons (Fsp3) is 0.0769. The molecule has 0 atom stereocenters. The first-order valence-corrected chi connectivity index (χ1v) is 5.31. The first kappa shape index (κ1) is 12.8. The van der Waals surface area contributed by atoms with Crippen LogP contribution >= 0.6 is 0 Å². The molecule has 0 aliphatic heterocycles. The summed E-state index contributed by atoms with van der Waals surface area (Å²) in [5.74, 6) is -1.72. The largest absolute Gasteiger partial charge is 0.481 e. The number of benzene rings is 1. The predicted octanol–water partition coefficient (Wildman–Crippen LogP) is 2.72. The van der Waals surface area contributed by atoms with Gasteiger partial charge in [0, 0.05) is 12.3 Å². The van der Waals surface area contributed by atoms with Crippen molar-refractivity contribution in [3.05, 3.63) is 47.9 Å².